The summed E-state index contributed by atoms with van der Waals surface area (Å²) in [5.74, 6) is 0.0608. The van der Waals surface area contributed by atoms with E-state index in [9.17, 15) is 9.59 Å². The molecule has 1 amide bonds. The lowest BCUT2D eigenvalue weighted by Crippen LogP contribution is -2.30. The molecule has 128 valence electrons. The van der Waals surface area contributed by atoms with Crippen LogP contribution < -0.4 is 14.8 Å². The number of rotatable bonds is 7. The Balaban J connectivity index is 2.26. The fraction of sp³-hybridized carbons (Fsp3) is 0.294. The third-order valence-corrected chi connectivity index (χ3v) is 4.42. The van der Waals surface area contributed by atoms with Crippen molar-refractivity contribution in [2.75, 3.05) is 21.3 Å². The molecule has 0 spiro atoms. The van der Waals surface area contributed by atoms with Crippen molar-refractivity contribution < 1.29 is 23.8 Å². The van der Waals surface area contributed by atoms with E-state index in [2.05, 4.69) is 5.32 Å². The molecular weight excluding hydrogens is 330 g/mol. The Kier molecular flexibility index (Phi) is 6.20. The highest BCUT2D eigenvalue weighted by Crippen LogP contribution is 2.31. The number of nitrogens with one attached hydrogen (secondary N) is 1. The SMILES string of the molecule is COC(=O)C[C@@H](NC(=O)c1cccc(OC)c1OC)c1cccs1. The van der Waals surface area contributed by atoms with Crippen LogP contribution in [0, 0.1) is 0 Å². The van der Waals surface area contributed by atoms with E-state index >= 15 is 0 Å². The predicted molar refractivity (Wildman–Crippen MR) is 90.7 cm³/mol. The van der Waals surface area contributed by atoms with Crippen LogP contribution in [0.4, 0.5) is 0 Å². The highest BCUT2D eigenvalue weighted by Gasteiger charge is 2.23. The molecule has 0 saturated carbocycles. The second-order valence-electron chi connectivity index (χ2n) is 4.86. The summed E-state index contributed by atoms with van der Waals surface area (Å²) < 4.78 is 15.2. The molecule has 1 heterocycles. The van der Waals surface area contributed by atoms with Crippen LogP contribution in [0.25, 0.3) is 0 Å². The standard InChI is InChI=1S/C17H19NO5S/c1-21-13-7-4-6-11(16(13)23-3)17(20)18-12(10-15(19)22-2)14-8-5-9-24-14/h4-9,12H,10H2,1-3H3,(H,18,20)/t12-/m1/s1. The van der Waals surface area contributed by atoms with Crippen molar-refractivity contribution in [3.63, 3.8) is 0 Å². The van der Waals surface area contributed by atoms with Gasteiger partial charge in [0.1, 0.15) is 0 Å². The third kappa shape index (κ3) is 4.05. The first kappa shape index (κ1) is 17.8. The lowest BCUT2D eigenvalue weighted by Gasteiger charge is -2.18. The first-order valence-corrected chi connectivity index (χ1v) is 8.10. The van der Waals surface area contributed by atoms with Crippen LogP contribution in [-0.2, 0) is 9.53 Å². The van der Waals surface area contributed by atoms with E-state index in [1.165, 1.54) is 32.7 Å². The van der Waals surface area contributed by atoms with Crippen LogP contribution >= 0.6 is 11.3 Å². The number of hydrogen-bond donors (Lipinski definition) is 1. The van der Waals surface area contributed by atoms with Crippen LogP contribution in [0.2, 0.25) is 0 Å². The Hall–Kier alpha value is -2.54. The van der Waals surface area contributed by atoms with E-state index in [0.29, 0.717) is 17.1 Å². The minimum atomic E-state index is -0.471. The fourth-order valence-electron chi connectivity index (χ4n) is 2.26. The Morgan fingerprint density at radius 2 is 1.92 bits per heavy atom. The van der Waals surface area contributed by atoms with Gasteiger partial charge < -0.3 is 19.5 Å². The monoisotopic (exact) mass is 349 g/mol. The van der Waals surface area contributed by atoms with Gasteiger partial charge >= 0.3 is 5.97 Å². The largest absolute Gasteiger partial charge is 0.493 e. The summed E-state index contributed by atoms with van der Waals surface area (Å²) in [6.07, 6.45) is 0.0506. The van der Waals surface area contributed by atoms with Gasteiger partial charge in [-0.3, -0.25) is 9.59 Å². The van der Waals surface area contributed by atoms with Crippen molar-refractivity contribution in [3.05, 3.63) is 46.2 Å². The van der Waals surface area contributed by atoms with Gasteiger partial charge in [0.05, 0.1) is 39.4 Å². The number of esters is 1. The lowest BCUT2D eigenvalue weighted by molar-refractivity contribution is -0.141. The average molecular weight is 349 g/mol. The Morgan fingerprint density at radius 1 is 1.12 bits per heavy atom. The van der Waals surface area contributed by atoms with E-state index in [0.717, 1.165) is 4.88 Å². The molecule has 0 saturated heterocycles. The highest BCUT2D eigenvalue weighted by atomic mass is 32.1. The van der Waals surface area contributed by atoms with Crippen molar-refractivity contribution in [3.8, 4) is 11.5 Å². The van der Waals surface area contributed by atoms with Gasteiger partial charge in [0.15, 0.2) is 11.5 Å². The molecule has 6 nitrogen and oxygen atoms in total. The van der Waals surface area contributed by atoms with E-state index in [1.807, 2.05) is 17.5 Å². The van der Waals surface area contributed by atoms with Gasteiger partial charge in [-0.15, -0.1) is 11.3 Å². The number of carbonyl (C=O) groups excluding carboxylic acids is 2. The third-order valence-electron chi connectivity index (χ3n) is 3.44. The molecule has 0 aliphatic heterocycles. The first-order chi connectivity index (χ1) is 11.6. The lowest BCUT2D eigenvalue weighted by atomic mass is 10.1. The molecule has 0 radical (unpaired) electrons. The van der Waals surface area contributed by atoms with E-state index < -0.39 is 12.0 Å². The molecule has 0 unspecified atom stereocenters. The number of ether oxygens (including phenoxy) is 3. The number of carbonyl (C=O) groups is 2. The Morgan fingerprint density at radius 3 is 2.50 bits per heavy atom. The molecular formula is C17H19NO5S. The summed E-state index contributed by atoms with van der Waals surface area (Å²) in [4.78, 5) is 25.2. The molecule has 1 aromatic carbocycles. The first-order valence-electron chi connectivity index (χ1n) is 7.22. The van der Waals surface area contributed by atoms with Crippen LogP contribution in [-0.4, -0.2) is 33.2 Å². The molecule has 2 aromatic rings. The van der Waals surface area contributed by atoms with Crippen molar-refractivity contribution in [2.24, 2.45) is 0 Å². The normalized spacial score (nSPS) is 11.5. The van der Waals surface area contributed by atoms with Crippen molar-refractivity contribution in [2.45, 2.75) is 12.5 Å². The second kappa shape index (κ2) is 8.35. The summed E-state index contributed by atoms with van der Waals surface area (Å²) >= 11 is 1.46. The van der Waals surface area contributed by atoms with E-state index in [4.69, 9.17) is 14.2 Å². The average Bonchev–Trinajstić information content (AvgIpc) is 3.14. The van der Waals surface area contributed by atoms with Gasteiger partial charge in [-0.2, -0.15) is 0 Å². The van der Waals surface area contributed by atoms with Gasteiger partial charge in [-0.1, -0.05) is 12.1 Å². The minimum absolute atomic E-state index is 0.0506. The maximum Gasteiger partial charge on any atom is 0.307 e. The number of amides is 1. The van der Waals surface area contributed by atoms with E-state index in [-0.39, 0.29) is 12.3 Å². The molecule has 0 fully saturated rings. The molecule has 2 rings (SSSR count). The maximum atomic E-state index is 12.7. The van der Waals surface area contributed by atoms with Gasteiger partial charge in [0, 0.05) is 4.88 Å². The number of hydrogen-bond acceptors (Lipinski definition) is 6. The summed E-state index contributed by atoms with van der Waals surface area (Å²) in [6.45, 7) is 0. The molecule has 0 aliphatic rings. The summed E-state index contributed by atoms with van der Waals surface area (Å²) in [5, 5.41) is 4.75. The van der Waals surface area contributed by atoms with Gasteiger partial charge in [0.25, 0.3) is 5.91 Å². The van der Waals surface area contributed by atoms with Crippen LogP contribution in [0.1, 0.15) is 27.7 Å². The molecule has 0 bridgehead atoms. The second-order valence-corrected chi connectivity index (χ2v) is 5.84. The summed E-state index contributed by atoms with van der Waals surface area (Å²) in [7, 11) is 4.30. The maximum absolute atomic E-state index is 12.7. The summed E-state index contributed by atoms with van der Waals surface area (Å²) in [5.41, 5.74) is 0.336. The number of thiophene rings is 1. The van der Waals surface area contributed by atoms with Crippen molar-refractivity contribution >= 4 is 23.2 Å². The van der Waals surface area contributed by atoms with Gasteiger partial charge in [-0.05, 0) is 23.6 Å². The van der Waals surface area contributed by atoms with Crippen LogP contribution in [0.15, 0.2) is 35.7 Å². The quantitative estimate of drug-likeness (QED) is 0.778. The predicted octanol–water partition coefficient (Wildman–Crippen LogP) is 2.80. The van der Waals surface area contributed by atoms with Gasteiger partial charge in [0.2, 0.25) is 0 Å². The molecule has 1 atom stereocenters. The molecule has 1 N–H and O–H groups in total. The molecule has 0 aliphatic carbocycles. The fourth-order valence-corrected chi connectivity index (χ4v) is 3.04. The zero-order chi connectivity index (χ0) is 17.5. The van der Waals surface area contributed by atoms with Crippen molar-refractivity contribution in [1.82, 2.24) is 5.32 Å². The van der Waals surface area contributed by atoms with Crippen LogP contribution in [0.3, 0.4) is 0 Å². The molecule has 7 heteroatoms. The molecule has 24 heavy (non-hydrogen) atoms. The molecule has 1 aromatic heterocycles. The van der Waals surface area contributed by atoms with Gasteiger partial charge in [-0.25, -0.2) is 0 Å². The zero-order valence-corrected chi connectivity index (χ0v) is 14.5. The highest BCUT2D eigenvalue weighted by molar-refractivity contribution is 7.10. The Bertz CT molecular complexity index is 699. The minimum Gasteiger partial charge on any atom is -0.493 e. The smallest absolute Gasteiger partial charge is 0.307 e. The zero-order valence-electron chi connectivity index (χ0n) is 13.7. The van der Waals surface area contributed by atoms with E-state index in [1.54, 1.807) is 18.2 Å². The number of benzene rings is 1. The summed E-state index contributed by atoms with van der Waals surface area (Å²) in [6, 6.07) is 8.31. The van der Waals surface area contributed by atoms with Crippen molar-refractivity contribution in [1.29, 1.82) is 0 Å². The number of methoxy groups -OCH3 is 3. The number of para-hydroxylation sites is 1. The topological polar surface area (TPSA) is 73.9 Å². The Labute approximate surface area is 144 Å². The van der Waals surface area contributed by atoms with Crippen LogP contribution in [0.5, 0.6) is 11.5 Å².